The molecule has 0 radical (unpaired) electrons. The smallest absolute Gasteiger partial charge is 0.147 e. The normalized spacial score (nSPS) is 22.6. The minimum Gasteiger partial charge on any atom is -0.406 e. The van der Waals surface area contributed by atoms with Gasteiger partial charge in [-0.3, -0.25) is 0 Å². The highest BCUT2D eigenvalue weighted by atomic mass is 16.7. The Balaban J connectivity index is 1.97. The van der Waals surface area contributed by atoms with Crippen LogP contribution in [0.2, 0.25) is 0 Å². The molecule has 2 heteroatoms. The molecule has 2 nitrogen and oxygen atoms in total. The fraction of sp³-hybridized carbons (Fsp3) is 0.538. The molecule has 1 aliphatic heterocycles. The third-order valence-electron chi connectivity index (χ3n) is 3.01. The van der Waals surface area contributed by atoms with Crippen molar-refractivity contribution in [3.8, 4) is 5.75 Å². The van der Waals surface area contributed by atoms with E-state index in [0.29, 0.717) is 6.04 Å². The van der Waals surface area contributed by atoms with Gasteiger partial charge in [-0.15, -0.1) is 5.06 Å². The predicted molar refractivity (Wildman–Crippen MR) is 61.7 cm³/mol. The van der Waals surface area contributed by atoms with Gasteiger partial charge in [0.1, 0.15) is 5.75 Å². The number of hydrogen-bond acceptors (Lipinski definition) is 2. The molecular weight excluding hydrogens is 186 g/mol. The highest BCUT2D eigenvalue weighted by Crippen LogP contribution is 2.21. The number of benzene rings is 1. The minimum atomic E-state index is 0.596. The molecule has 0 amide bonds. The van der Waals surface area contributed by atoms with E-state index in [1.54, 1.807) is 0 Å². The lowest BCUT2D eigenvalue weighted by molar-refractivity contribution is -0.113. The van der Waals surface area contributed by atoms with Crippen molar-refractivity contribution in [2.75, 3.05) is 6.54 Å². The van der Waals surface area contributed by atoms with Crippen molar-refractivity contribution >= 4 is 0 Å². The van der Waals surface area contributed by atoms with Gasteiger partial charge < -0.3 is 4.84 Å². The van der Waals surface area contributed by atoms with Crippen LogP contribution in [0.1, 0.15) is 32.6 Å². The fourth-order valence-electron chi connectivity index (χ4n) is 2.12. The van der Waals surface area contributed by atoms with Crippen LogP contribution in [0.15, 0.2) is 30.3 Å². The first-order chi connectivity index (χ1) is 7.40. The molecule has 1 aromatic rings. The summed E-state index contributed by atoms with van der Waals surface area (Å²) in [5, 5.41) is 2.15. The monoisotopic (exact) mass is 205 g/mol. The largest absolute Gasteiger partial charge is 0.406 e. The summed E-state index contributed by atoms with van der Waals surface area (Å²) in [4.78, 5) is 5.89. The van der Waals surface area contributed by atoms with Gasteiger partial charge in [0.2, 0.25) is 0 Å². The zero-order valence-corrected chi connectivity index (χ0v) is 9.36. The molecular formula is C13H19NO. The molecule has 1 aliphatic rings. The lowest BCUT2D eigenvalue weighted by atomic mass is 10.0. The van der Waals surface area contributed by atoms with Crippen LogP contribution in [0.25, 0.3) is 0 Å². The SMILES string of the molecule is CCC1CCCCN1Oc1ccccc1. The van der Waals surface area contributed by atoms with Gasteiger partial charge >= 0.3 is 0 Å². The van der Waals surface area contributed by atoms with Gasteiger partial charge in [0, 0.05) is 12.6 Å². The Kier molecular flexibility index (Phi) is 3.62. The van der Waals surface area contributed by atoms with Crippen LogP contribution in [0, 0.1) is 0 Å². The molecule has 1 aromatic carbocycles. The lowest BCUT2D eigenvalue weighted by Crippen LogP contribution is -2.41. The molecule has 0 bridgehead atoms. The molecule has 2 rings (SSSR count). The van der Waals surface area contributed by atoms with Gasteiger partial charge in [-0.05, 0) is 31.4 Å². The molecule has 1 fully saturated rings. The second-order valence-electron chi connectivity index (χ2n) is 4.10. The van der Waals surface area contributed by atoms with Gasteiger partial charge in [-0.2, -0.15) is 0 Å². The Morgan fingerprint density at radius 3 is 2.80 bits per heavy atom. The summed E-state index contributed by atoms with van der Waals surface area (Å²) in [6, 6.07) is 10.7. The number of nitrogens with zero attached hydrogens (tertiary/aromatic N) is 1. The van der Waals surface area contributed by atoms with Crippen LogP contribution >= 0.6 is 0 Å². The molecule has 1 heterocycles. The maximum absolute atomic E-state index is 5.89. The number of piperidine rings is 1. The van der Waals surface area contributed by atoms with Gasteiger partial charge in [0.25, 0.3) is 0 Å². The van der Waals surface area contributed by atoms with E-state index in [4.69, 9.17) is 4.84 Å². The fourth-order valence-corrected chi connectivity index (χ4v) is 2.12. The van der Waals surface area contributed by atoms with Crippen molar-refractivity contribution in [1.82, 2.24) is 5.06 Å². The highest BCUT2D eigenvalue weighted by Gasteiger charge is 2.22. The molecule has 0 N–H and O–H groups in total. The van der Waals surface area contributed by atoms with Crippen LogP contribution < -0.4 is 4.84 Å². The van der Waals surface area contributed by atoms with E-state index in [9.17, 15) is 0 Å². The van der Waals surface area contributed by atoms with E-state index in [0.717, 1.165) is 12.3 Å². The highest BCUT2D eigenvalue weighted by molar-refractivity contribution is 5.20. The summed E-state index contributed by atoms with van der Waals surface area (Å²) in [5.74, 6) is 0.956. The number of para-hydroxylation sites is 1. The average Bonchev–Trinajstić information content (AvgIpc) is 2.31. The second-order valence-corrected chi connectivity index (χ2v) is 4.10. The predicted octanol–water partition coefficient (Wildman–Crippen LogP) is 3.24. The number of hydroxylamine groups is 2. The Hall–Kier alpha value is -1.02. The molecule has 1 saturated heterocycles. The van der Waals surface area contributed by atoms with E-state index < -0.39 is 0 Å². The Morgan fingerprint density at radius 2 is 2.07 bits per heavy atom. The maximum Gasteiger partial charge on any atom is 0.147 e. The first-order valence-electron chi connectivity index (χ1n) is 5.90. The molecule has 0 spiro atoms. The maximum atomic E-state index is 5.89. The summed E-state index contributed by atoms with van der Waals surface area (Å²) in [6.45, 7) is 3.30. The van der Waals surface area contributed by atoms with Gasteiger partial charge in [0.15, 0.2) is 0 Å². The molecule has 1 unspecified atom stereocenters. The first-order valence-corrected chi connectivity index (χ1v) is 5.90. The van der Waals surface area contributed by atoms with E-state index in [2.05, 4.69) is 12.0 Å². The number of rotatable bonds is 3. The molecule has 1 atom stereocenters. The average molecular weight is 205 g/mol. The van der Waals surface area contributed by atoms with Crippen LogP contribution in [-0.2, 0) is 0 Å². The zero-order chi connectivity index (χ0) is 10.5. The molecule has 0 aromatic heterocycles. The van der Waals surface area contributed by atoms with Gasteiger partial charge in [-0.1, -0.05) is 31.5 Å². The van der Waals surface area contributed by atoms with Crippen LogP contribution in [0.5, 0.6) is 5.75 Å². The summed E-state index contributed by atoms with van der Waals surface area (Å²) in [6.07, 6.45) is 5.03. The summed E-state index contributed by atoms with van der Waals surface area (Å²) >= 11 is 0. The zero-order valence-electron chi connectivity index (χ0n) is 9.36. The first kappa shape index (κ1) is 10.5. The molecule has 15 heavy (non-hydrogen) atoms. The van der Waals surface area contributed by atoms with Crippen LogP contribution in [0.3, 0.4) is 0 Å². The van der Waals surface area contributed by atoms with Gasteiger partial charge in [-0.25, -0.2) is 0 Å². The van der Waals surface area contributed by atoms with Gasteiger partial charge in [0.05, 0.1) is 0 Å². The molecule has 0 saturated carbocycles. The van der Waals surface area contributed by atoms with Crippen molar-refractivity contribution in [2.45, 2.75) is 38.6 Å². The standard InChI is InChI=1S/C13H19NO/c1-2-12-8-6-7-11-14(12)15-13-9-4-3-5-10-13/h3-5,9-10,12H,2,6-8,11H2,1H3. The van der Waals surface area contributed by atoms with Crippen LogP contribution in [0.4, 0.5) is 0 Å². The van der Waals surface area contributed by atoms with Crippen molar-refractivity contribution < 1.29 is 4.84 Å². The van der Waals surface area contributed by atoms with Crippen molar-refractivity contribution in [2.24, 2.45) is 0 Å². The summed E-state index contributed by atoms with van der Waals surface area (Å²) in [5.41, 5.74) is 0. The Bertz CT molecular complexity index is 286. The number of hydrogen-bond donors (Lipinski definition) is 0. The second kappa shape index (κ2) is 5.17. The quantitative estimate of drug-likeness (QED) is 0.751. The third kappa shape index (κ3) is 2.72. The molecule has 0 aliphatic carbocycles. The third-order valence-corrected chi connectivity index (χ3v) is 3.01. The van der Waals surface area contributed by atoms with E-state index in [1.807, 2.05) is 30.3 Å². The topological polar surface area (TPSA) is 12.5 Å². The lowest BCUT2D eigenvalue weighted by Gasteiger charge is -2.33. The Labute approximate surface area is 91.8 Å². The van der Waals surface area contributed by atoms with Crippen molar-refractivity contribution in [1.29, 1.82) is 0 Å². The molecule has 82 valence electrons. The van der Waals surface area contributed by atoms with E-state index in [-0.39, 0.29) is 0 Å². The summed E-state index contributed by atoms with van der Waals surface area (Å²) in [7, 11) is 0. The van der Waals surface area contributed by atoms with Crippen molar-refractivity contribution in [3.05, 3.63) is 30.3 Å². The minimum absolute atomic E-state index is 0.596. The van der Waals surface area contributed by atoms with E-state index in [1.165, 1.54) is 25.7 Å². The van der Waals surface area contributed by atoms with E-state index >= 15 is 0 Å². The summed E-state index contributed by atoms with van der Waals surface area (Å²) < 4.78 is 0. The van der Waals surface area contributed by atoms with Crippen molar-refractivity contribution in [3.63, 3.8) is 0 Å². The van der Waals surface area contributed by atoms with Crippen LogP contribution in [-0.4, -0.2) is 17.6 Å². The Morgan fingerprint density at radius 1 is 1.27 bits per heavy atom.